The molecule has 0 heterocycles. The molecular weight excluding hydrogens is 272 g/mol. The molecule has 21 heavy (non-hydrogen) atoms. The molecule has 0 unspecified atom stereocenters. The molecule has 0 fully saturated rings. The molecule has 6 nitrogen and oxygen atoms in total. The standard InChI is InChI=1S/C15H30N2O4/c1-10(2)7-12(18)9-16-13(19)11(3)8-17-14(20)21-15(4,5)6/h10-12,18H,7-9H2,1-6H3,(H,16,19)(H,17,20)/t11-,12+/m0/s1. The molecule has 0 aromatic carbocycles. The highest BCUT2D eigenvalue weighted by Gasteiger charge is 2.19. The number of hydrogen-bond acceptors (Lipinski definition) is 4. The van der Waals surface area contributed by atoms with Crippen LogP contribution in [0.4, 0.5) is 4.79 Å². The summed E-state index contributed by atoms with van der Waals surface area (Å²) < 4.78 is 5.09. The molecule has 0 bridgehead atoms. The van der Waals surface area contributed by atoms with Crippen LogP contribution in [0.15, 0.2) is 0 Å². The van der Waals surface area contributed by atoms with Gasteiger partial charge in [-0.3, -0.25) is 4.79 Å². The van der Waals surface area contributed by atoms with Crippen molar-refractivity contribution in [2.45, 2.75) is 59.7 Å². The molecule has 0 aliphatic carbocycles. The Bertz CT molecular complexity index is 337. The largest absolute Gasteiger partial charge is 0.444 e. The minimum Gasteiger partial charge on any atom is -0.444 e. The number of carbonyl (C=O) groups is 2. The van der Waals surface area contributed by atoms with Crippen molar-refractivity contribution in [3.8, 4) is 0 Å². The number of aliphatic hydroxyl groups is 1. The molecule has 0 aromatic rings. The van der Waals surface area contributed by atoms with E-state index in [1.807, 2.05) is 13.8 Å². The predicted octanol–water partition coefficient (Wildman–Crippen LogP) is 1.67. The van der Waals surface area contributed by atoms with Gasteiger partial charge in [-0.15, -0.1) is 0 Å². The van der Waals surface area contributed by atoms with Crippen molar-refractivity contribution in [1.82, 2.24) is 10.6 Å². The van der Waals surface area contributed by atoms with Crippen LogP contribution in [0.2, 0.25) is 0 Å². The summed E-state index contributed by atoms with van der Waals surface area (Å²) in [5.41, 5.74) is -0.559. The van der Waals surface area contributed by atoms with Gasteiger partial charge in [0.2, 0.25) is 5.91 Å². The van der Waals surface area contributed by atoms with Gasteiger partial charge in [0.25, 0.3) is 0 Å². The summed E-state index contributed by atoms with van der Waals surface area (Å²) in [5.74, 6) is -0.208. The van der Waals surface area contributed by atoms with E-state index in [4.69, 9.17) is 4.74 Å². The minimum atomic E-state index is -0.559. The van der Waals surface area contributed by atoms with Crippen LogP contribution in [0.3, 0.4) is 0 Å². The zero-order chi connectivity index (χ0) is 16.6. The Balaban J connectivity index is 3.98. The fourth-order valence-corrected chi connectivity index (χ4v) is 1.66. The van der Waals surface area contributed by atoms with Crippen molar-refractivity contribution in [3.05, 3.63) is 0 Å². The number of carbonyl (C=O) groups excluding carboxylic acids is 2. The first-order valence-corrected chi connectivity index (χ1v) is 7.44. The SMILES string of the molecule is CC(C)C[C@@H](O)CNC(=O)[C@@H](C)CNC(=O)OC(C)(C)C. The first-order valence-electron chi connectivity index (χ1n) is 7.44. The Morgan fingerprint density at radius 3 is 2.14 bits per heavy atom. The van der Waals surface area contributed by atoms with Gasteiger partial charge in [0.05, 0.1) is 12.0 Å². The molecule has 3 N–H and O–H groups in total. The Hall–Kier alpha value is -1.30. The lowest BCUT2D eigenvalue weighted by molar-refractivity contribution is -0.124. The quantitative estimate of drug-likeness (QED) is 0.667. The van der Waals surface area contributed by atoms with E-state index in [9.17, 15) is 14.7 Å². The highest BCUT2D eigenvalue weighted by atomic mass is 16.6. The first-order chi connectivity index (χ1) is 9.51. The smallest absolute Gasteiger partial charge is 0.407 e. The van der Waals surface area contributed by atoms with E-state index < -0.39 is 17.8 Å². The van der Waals surface area contributed by atoms with E-state index in [2.05, 4.69) is 10.6 Å². The third kappa shape index (κ3) is 11.1. The van der Waals surface area contributed by atoms with Crippen LogP contribution in [0, 0.1) is 11.8 Å². The van der Waals surface area contributed by atoms with Crippen molar-refractivity contribution in [1.29, 1.82) is 0 Å². The van der Waals surface area contributed by atoms with Crippen LogP contribution in [-0.2, 0) is 9.53 Å². The molecule has 0 aliphatic heterocycles. The van der Waals surface area contributed by atoms with Gasteiger partial charge in [-0.2, -0.15) is 0 Å². The molecule has 0 saturated carbocycles. The zero-order valence-corrected chi connectivity index (χ0v) is 14.0. The average Bonchev–Trinajstić information content (AvgIpc) is 2.29. The number of hydrogen-bond donors (Lipinski definition) is 3. The van der Waals surface area contributed by atoms with Crippen LogP contribution in [0.1, 0.15) is 48.0 Å². The van der Waals surface area contributed by atoms with Gasteiger partial charge >= 0.3 is 6.09 Å². The lowest BCUT2D eigenvalue weighted by Gasteiger charge is -2.21. The van der Waals surface area contributed by atoms with Crippen molar-refractivity contribution in [3.63, 3.8) is 0 Å². The van der Waals surface area contributed by atoms with E-state index in [1.54, 1.807) is 27.7 Å². The molecule has 6 heteroatoms. The lowest BCUT2D eigenvalue weighted by atomic mass is 10.1. The number of rotatable bonds is 7. The summed E-state index contributed by atoms with van der Waals surface area (Å²) in [6.07, 6.45) is -0.438. The second kappa shape index (κ2) is 8.87. The van der Waals surface area contributed by atoms with E-state index in [0.29, 0.717) is 12.3 Å². The van der Waals surface area contributed by atoms with Gasteiger partial charge in [-0.1, -0.05) is 20.8 Å². The van der Waals surface area contributed by atoms with Crippen molar-refractivity contribution in [2.75, 3.05) is 13.1 Å². The molecule has 0 spiro atoms. The summed E-state index contributed by atoms with van der Waals surface area (Å²) in [5, 5.41) is 14.9. The fraction of sp³-hybridized carbons (Fsp3) is 0.867. The summed E-state index contributed by atoms with van der Waals surface area (Å²) >= 11 is 0. The molecule has 0 aromatic heterocycles. The van der Waals surface area contributed by atoms with Crippen LogP contribution < -0.4 is 10.6 Å². The third-order valence-electron chi connectivity index (χ3n) is 2.65. The number of alkyl carbamates (subject to hydrolysis) is 1. The molecule has 0 saturated heterocycles. The van der Waals surface area contributed by atoms with Gasteiger partial charge in [0.1, 0.15) is 5.60 Å². The molecule has 124 valence electrons. The van der Waals surface area contributed by atoms with Crippen LogP contribution in [0.25, 0.3) is 0 Å². The molecule has 0 radical (unpaired) electrons. The van der Waals surface area contributed by atoms with Gasteiger partial charge in [-0.05, 0) is 33.1 Å². The summed E-state index contributed by atoms with van der Waals surface area (Å²) in [6, 6.07) is 0. The number of aliphatic hydroxyl groups excluding tert-OH is 1. The Labute approximate surface area is 127 Å². The predicted molar refractivity (Wildman–Crippen MR) is 81.9 cm³/mol. The Kier molecular flexibility index (Phi) is 8.32. The monoisotopic (exact) mass is 302 g/mol. The molecular formula is C15H30N2O4. The zero-order valence-electron chi connectivity index (χ0n) is 14.0. The van der Waals surface area contributed by atoms with Gasteiger partial charge < -0.3 is 20.5 Å². The fourth-order valence-electron chi connectivity index (χ4n) is 1.66. The average molecular weight is 302 g/mol. The molecule has 0 rings (SSSR count). The maximum atomic E-state index is 11.8. The highest BCUT2D eigenvalue weighted by Crippen LogP contribution is 2.07. The number of ether oxygens (including phenoxy) is 1. The Morgan fingerprint density at radius 1 is 1.10 bits per heavy atom. The maximum absolute atomic E-state index is 11.8. The maximum Gasteiger partial charge on any atom is 0.407 e. The normalized spacial score (nSPS) is 14.5. The number of amides is 2. The van der Waals surface area contributed by atoms with Crippen molar-refractivity contribution in [2.24, 2.45) is 11.8 Å². The lowest BCUT2D eigenvalue weighted by Crippen LogP contribution is -2.41. The van der Waals surface area contributed by atoms with Crippen molar-refractivity contribution >= 4 is 12.0 Å². The summed E-state index contributed by atoms with van der Waals surface area (Å²) in [7, 11) is 0. The van der Waals surface area contributed by atoms with E-state index >= 15 is 0 Å². The van der Waals surface area contributed by atoms with Crippen LogP contribution in [0.5, 0.6) is 0 Å². The second-order valence-electron chi connectivity index (χ2n) is 6.81. The van der Waals surface area contributed by atoms with Gasteiger partial charge in [-0.25, -0.2) is 4.79 Å². The van der Waals surface area contributed by atoms with E-state index in [-0.39, 0.29) is 24.9 Å². The molecule has 0 aliphatic rings. The van der Waals surface area contributed by atoms with Crippen LogP contribution >= 0.6 is 0 Å². The highest BCUT2D eigenvalue weighted by molar-refractivity contribution is 5.79. The summed E-state index contributed by atoms with van der Waals surface area (Å²) in [4.78, 5) is 23.3. The first kappa shape index (κ1) is 19.7. The van der Waals surface area contributed by atoms with Gasteiger partial charge in [0.15, 0.2) is 0 Å². The van der Waals surface area contributed by atoms with Gasteiger partial charge in [0, 0.05) is 13.1 Å². The molecule has 2 atom stereocenters. The second-order valence-corrected chi connectivity index (χ2v) is 6.81. The number of nitrogens with one attached hydrogen (secondary N) is 2. The topological polar surface area (TPSA) is 87.7 Å². The van der Waals surface area contributed by atoms with Crippen LogP contribution in [-0.4, -0.2) is 41.9 Å². The summed E-state index contributed by atoms with van der Waals surface area (Å²) in [6.45, 7) is 11.5. The Morgan fingerprint density at radius 2 is 1.67 bits per heavy atom. The van der Waals surface area contributed by atoms with E-state index in [0.717, 1.165) is 0 Å². The minimum absolute atomic E-state index is 0.195. The third-order valence-corrected chi connectivity index (χ3v) is 2.65. The molecule has 2 amide bonds. The van der Waals surface area contributed by atoms with E-state index in [1.165, 1.54) is 0 Å². The van der Waals surface area contributed by atoms with Crippen molar-refractivity contribution < 1.29 is 19.4 Å².